The van der Waals surface area contributed by atoms with Crippen molar-refractivity contribution in [1.29, 1.82) is 0 Å². The Morgan fingerprint density at radius 1 is 0.969 bits per heavy atom. The van der Waals surface area contributed by atoms with Gasteiger partial charge < -0.3 is 15.0 Å². The normalized spacial score (nSPS) is 13.5. The van der Waals surface area contributed by atoms with E-state index >= 15 is 0 Å². The van der Waals surface area contributed by atoms with E-state index in [-0.39, 0.29) is 5.91 Å². The van der Waals surface area contributed by atoms with Gasteiger partial charge in [0.05, 0.1) is 16.8 Å². The van der Waals surface area contributed by atoms with E-state index in [9.17, 15) is 9.59 Å². The van der Waals surface area contributed by atoms with Gasteiger partial charge in [0.2, 0.25) is 0 Å². The molecule has 32 heavy (non-hydrogen) atoms. The molecule has 3 aromatic rings. The molecule has 1 amide bonds. The average Bonchev–Trinajstić information content (AvgIpc) is 2.85. The number of ether oxygens (including phenoxy) is 1. The van der Waals surface area contributed by atoms with Crippen molar-refractivity contribution in [3.63, 3.8) is 0 Å². The summed E-state index contributed by atoms with van der Waals surface area (Å²) in [6.45, 7) is 1.94. The number of esters is 1. The molecule has 7 heteroatoms. The number of pyridine rings is 1. The molecule has 6 nitrogen and oxygen atoms in total. The highest BCUT2D eigenvalue weighted by atomic mass is 32.2. The molecule has 1 saturated heterocycles. The van der Waals surface area contributed by atoms with Crippen molar-refractivity contribution < 1.29 is 14.3 Å². The van der Waals surface area contributed by atoms with Crippen LogP contribution in [0.15, 0.2) is 71.9 Å². The van der Waals surface area contributed by atoms with Crippen LogP contribution in [0.3, 0.4) is 0 Å². The maximum atomic E-state index is 12.7. The van der Waals surface area contributed by atoms with E-state index in [0.29, 0.717) is 27.6 Å². The van der Waals surface area contributed by atoms with Crippen molar-refractivity contribution in [3.8, 4) is 5.75 Å². The van der Waals surface area contributed by atoms with Crippen LogP contribution in [0.25, 0.3) is 0 Å². The molecule has 1 aromatic heterocycles. The minimum atomic E-state index is -0.427. The maximum absolute atomic E-state index is 12.7. The van der Waals surface area contributed by atoms with E-state index in [1.165, 1.54) is 18.2 Å². The third kappa shape index (κ3) is 5.11. The predicted octanol–water partition coefficient (Wildman–Crippen LogP) is 5.27. The van der Waals surface area contributed by atoms with Crippen molar-refractivity contribution in [3.05, 3.63) is 78.0 Å². The number of nitrogens with one attached hydrogen (secondary N) is 1. The third-order valence-corrected chi connectivity index (χ3v) is 6.06. The summed E-state index contributed by atoms with van der Waals surface area (Å²) in [6.07, 6.45) is 7.07. The SMILES string of the molecule is CSc1ncccc1C(=O)Nc1ccc(C(=O)Oc2ccccc2N2CCCCC2)cc1. The molecule has 164 valence electrons. The zero-order chi connectivity index (χ0) is 22.3. The molecule has 0 atom stereocenters. The molecule has 0 bridgehead atoms. The van der Waals surface area contributed by atoms with E-state index < -0.39 is 5.97 Å². The Labute approximate surface area is 192 Å². The topological polar surface area (TPSA) is 71.5 Å². The fourth-order valence-electron chi connectivity index (χ4n) is 3.71. The summed E-state index contributed by atoms with van der Waals surface area (Å²) in [4.78, 5) is 31.8. The zero-order valence-electron chi connectivity index (χ0n) is 17.9. The van der Waals surface area contributed by atoms with Crippen molar-refractivity contribution in [1.82, 2.24) is 4.98 Å². The number of nitrogens with zero attached hydrogens (tertiary/aromatic N) is 2. The van der Waals surface area contributed by atoms with Crippen LogP contribution in [0, 0.1) is 0 Å². The summed E-state index contributed by atoms with van der Waals surface area (Å²) in [5.74, 6) is -0.101. The number of benzene rings is 2. The summed E-state index contributed by atoms with van der Waals surface area (Å²) in [5.41, 5.74) is 2.47. The molecule has 1 aliphatic rings. The van der Waals surface area contributed by atoms with Gasteiger partial charge in [0.25, 0.3) is 5.91 Å². The van der Waals surface area contributed by atoms with Gasteiger partial charge in [0.1, 0.15) is 5.03 Å². The molecule has 4 rings (SSSR count). The molecule has 0 radical (unpaired) electrons. The second kappa shape index (κ2) is 10.3. The number of para-hydroxylation sites is 2. The fourth-order valence-corrected chi connectivity index (χ4v) is 4.26. The number of aromatic nitrogens is 1. The number of thioether (sulfide) groups is 1. The van der Waals surface area contributed by atoms with Crippen LogP contribution in [0.4, 0.5) is 11.4 Å². The second-order valence-electron chi connectivity index (χ2n) is 7.50. The lowest BCUT2D eigenvalue weighted by Gasteiger charge is -2.30. The highest BCUT2D eigenvalue weighted by Gasteiger charge is 2.18. The Morgan fingerprint density at radius 2 is 1.72 bits per heavy atom. The van der Waals surface area contributed by atoms with Crippen LogP contribution in [-0.2, 0) is 0 Å². The monoisotopic (exact) mass is 447 g/mol. The quantitative estimate of drug-likeness (QED) is 0.316. The van der Waals surface area contributed by atoms with E-state index in [4.69, 9.17) is 4.74 Å². The summed E-state index contributed by atoms with van der Waals surface area (Å²) >= 11 is 1.42. The van der Waals surface area contributed by atoms with Crippen LogP contribution in [0.2, 0.25) is 0 Å². The molecular weight excluding hydrogens is 422 g/mol. The first kappa shape index (κ1) is 21.9. The molecule has 1 N–H and O–H groups in total. The molecule has 0 saturated carbocycles. The Morgan fingerprint density at radius 3 is 2.47 bits per heavy atom. The fraction of sp³-hybridized carbons (Fsp3) is 0.240. The smallest absolute Gasteiger partial charge is 0.343 e. The predicted molar refractivity (Wildman–Crippen MR) is 128 cm³/mol. The average molecular weight is 448 g/mol. The largest absolute Gasteiger partial charge is 0.421 e. The number of piperidine rings is 1. The first-order valence-corrected chi connectivity index (χ1v) is 11.8. The highest BCUT2D eigenvalue weighted by molar-refractivity contribution is 7.98. The van der Waals surface area contributed by atoms with E-state index in [1.54, 1.807) is 42.6 Å². The van der Waals surface area contributed by atoms with Gasteiger partial charge in [-0.1, -0.05) is 12.1 Å². The molecule has 0 unspecified atom stereocenters. The summed E-state index contributed by atoms with van der Waals surface area (Å²) in [6, 6.07) is 17.8. The van der Waals surface area contributed by atoms with Crippen molar-refractivity contribution in [2.24, 2.45) is 0 Å². The molecular formula is C25H25N3O3S. The summed E-state index contributed by atoms with van der Waals surface area (Å²) < 4.78 is 5.73. The number of hydrogen-bond acceptors (Lipinski definition) is 6. The lowest BCUT2D eigenvalue weighted by Crippen LogP contribution is -2.30. The highest BCUT2D eigenvalue weighted by Crippen LogP contribution is 2.31. The van der Waals surface area contributed by atoms with Gasteiger partial charge in [0.15, 0.2) is 5.75 Å². The number of amides is 1. The number of hydrogen-bond donors (Lipinski definition) is 1. The van der Waals surface area contributed by atoms with E-state index in [0.717, 1.165) is 31.6 Å². The first-order valence-electron chi connectivity index (χ1n) is 10.6. The van der Waals surface area contributed by atoms with Crippen LogP contribution in [0.1, 0.15) is 40.0 Å². The Balaban J connectivity index is 1.43. The minimum Gasteiger partial charge on any atom is -0.421 e. The van der Waals surface area contributed by atoms with Crippen LogP contribution in [-0.4, -0.2) is 36.2 Å². The molecule has 0 aliphatic carbocycles. The van der Waals surface area contributed by atoms with Crippen molar-refractivity contribution >= 4 is 35.0 Å². The van der Waals surface area contributed by atoms with Gasteiger partial charge in [-0.15, -0.1) is 11.8 Å². The number of rotatable bonds is 6. The van der Waals surface area contributed by atoms with Crippen molar-refractivity contribution in [2.75, 3.05) is 29.6 Å². The standard InChI is InChI=1S/C25H25N3O3S/c1-32-24-20(8-7-15-26-24)23(29)27-19-13-11-18(12-14-19)25(30)31-22-10-4-3-9-21(22)28-16-5-2-6-17-28/h3-4,7-15H,2,5-6,16-17H2,1H3,(H,27,29). The van der Waals surface area contributed by atoms with Crippen molar-refractivity contribution in [2.45, 2.75) is 24.3 Å². The van der Waals surface area contributed by atoms with E-state index in [2.05, 4.69) is 15.2 Å². The molecule has 1 fully saturated rings. The van der Waals surface area contributed by atoms with Crippen LogP contribution < -0.4 is 15.0 Å². The van der Waals surface area contributed by atoms with Crippen LogP contribution in [0.5, 0.6) is 5.75 Å². The Kier molecular flexibility index (Phi) is 7.07. The zero-order valence-corrected chi connectivity index (χ0v) is 18.7. The number of carbonyl (C=O) groups excluding carboxylic acids is 2. The molecule has 2 heterocycles. The maximum Gasteiger partial charge on any atom is 0.343 e. The number of carbonyl (C=O) groups is 2. The minimum absolute atomic E-state index is 0.242. The lowest BCUT2D eigenvalue weighted by atomic mass is 10.1. The first-order chi connectivity index (χ1) is 15.7. The van der Waals surface area contributed by atoms with E-state index in [1.807, 2.05) is 30.5 Å². The van der Waals surface area contributed by atoms with Crippen LogP contribution >= 0.6 is 11.8 Å². The van der Waals surface area contributed by atoms with Gasteiger partial charge in [0, 0.05) is 25.0 Å². The van der Waals surface area contributed by atoms with Gasteiger partial charge in [-0.05, 0) is 74.0 Å². The Bertz CT molecular complexity index is 1100. The lowest BCUT2D eigenvalue weighted by molar-refractivity contribution is 0.0735. The van der Waals surface area contributed by atoms with Gasteiger partial charge >= 0.3 is 5.97 Å². The molecule has 2 aromatic carbocycles. The second-order valence-corrected chi connectivity index (χ2v) is 8.29. The van der Waals surface area contributed by atoms with Gasteiger partial charge in [-0.3, -0.25) is 4.79 Å². The van der Waals surface area contributed by atoms with Gasteiger partial charge in [-0.25, -0.2) is 9.78 Å². The summed E-state index contributed by atoms with van der Waals surface area (Å²) in [5, 5.41) is 3.51. The van der Waals surface area contributed by atoms with Gasteiger partial charge in [-0.2, -0.15) is 0 Å². The summed E-state index contributed by atoms with van der Waals surface area (Å²) in [7, 11) is 0. The molecule has 0 spiro atoms. The number of anilines is 2. The molecule has 1 aliphatic heterocycles. The Hall–Kier alpha value is -3.32. The third-order valence-electron chi connectivity index (χ3n) is 5.35.